The van der Waals surface area contributed by atoms with Gasteiger partial charge in [-0.25, -0.2) is 0 Å². The first-order valence-electron chi connectivity index (χ1n) is 8.29. The summed E-state index contributed by atoms with van der Waals surface area (Å²) in [5, 5.41) is 11.1. The number of aliphatic hydroxyl groups is 1. The predicted molar refractivity (Wildman–Crippen MR) is 71.4 cm³/mol. The van der Waals surface area contributed by atoms with Crippen LogP contribution >= 0.6 is 0 Å². The molecular weight excluding hydrogens is 240 g/mol. The predicted octanol–water partition coefficient (Wildman–Crippen LogP) is 0.650. The fourth-order valence-corrected chi connectivity index (χ4v) is 5.33. The Morgan fingerprint density at radius 3 is 2.37 bits per heavy atom. The van der Waals surface area contributed by atoms with Crippen molar-refractivity contribution in [2.75, 3.05) is 6.54 Å². The van der Waals surface area contributed by atoms with E-state index in [0.717, 1.165) is 23.7 Å². The maximum Gasteiger partial charge on any atom is 0.237 e. The number of β-amino-alcohol motifs (C(OH)–C–C–N with tert-alkyl or cyclic N) is 1. The van der Waals surface area contributed by atoms with E-state index in [1.807, 2.05) is 0 Å². The van der Waals surface area contributed by atoms with Gasteiger partial charge in [-0.15, -0.1) is 0 Å². The molecule has 0 aromatic carbocycles. The molecule has 0 spiro atoms. The number of carbonyl (C=O) groups excluding carboxylic acids is 1. The minimum atomic E-state index is -0.164. The Morgan fingerprint density at radius 1 is 1.11 bits per heavy atom. The van der Waals surface area contributed by atoms with Crippen LogP contribution in [0.1, 0.15) is 38.5 Å². The zero-order valence-corrected chi connectivity index (χ0v) is 11.3. The molecule has 1 heterocycles. The standard InChI is InChI=1S/C15H24N2O2/c18-12-6-13(16-7-12)15(19)17-14-10-2-8-1-9(4-10)5-11(14)3-8/h8-14,16,18H,1-7H2,(H,17,19)/t8?,9?,10?,11?,12-,13+,14?/m1/s1/i18D. The largest absolute Gasteiger partial charge is 0.392 e. The fourth-order valence-electron chi connectivity index (χ4n) is 5.33. The Morgan fingerprint density at radius 2 is 1.79 bits per heavy atom. The van der Waals surface area contributed by atoms with Gasteiger partial charge in [-0.1, -0.05) is 0 Å². The summed E-state index contributed by atoms with van der Waals surface area (Å²) in [5.74, 6) is 3.45. The first-order chi connectivity index (χ1) is 9.72. The second kappa shape index (κ2) is 4.45. The molecule has 1 aliphatic heterocycles. The number of aliphatic hydroxyl groups excluding tert-OH is 1. The van der Waals surface area contributed by atoms with Gasteiger partial charge in [0, 0.05) is 12.6 Å². The minimum absolute atomic E-state index is 0.127. The Hall–Kier alpha value is -0.610. The van der Waals surface area contributed by atoms with E-state index >= 15 is 0 Å². The Bertz CT molecular complexity index is 375. The number of rotatable bonds is 3. The van der Waals surface area contributed by atoms with Crippen molar-refractivity contribution in [1.82, 2.24) is 10.6 Å². The van der Waals surface area contributed by atoms with Gasteiger partial charge in [0.2, 0.25) is 7.34 Å². The molecule has 4 nitrogen and oxygen atoms in total. The van der Waals surface area contributed by atoms with E-state index in [9.17, 15) is 4.79 Å². The van der Waals surface area contributed by atoms with E-state index in [-0.39, 0.29) is 18.1 Å². The zero-order chi connectivity index (χ0) is 13.7. The van der Waals surface area contributed by atoms with Crippen molar-refractivity contribution in [3.05, 3.63) is 0 Å². The monoisotopic (exact) mass is 265 g/mol. The van der Waals surface area contributed by atoms with Gasteiger partial charge >= 0.3 is 0 Å². The third-order valence-electron chi connectivity index (χ3n) is 5.94. The highest BCUT2D eigenvalue weighted by Crippen LogP contribution is 2.53. The van der Waals surface area contributed by atoms with Crippen LogP contribution in [0.5, 0.6) is 0 Å². The molecule has 0 aromatic rings. The lowest BCUT2D eigenvalue weighted by Gasteiger charge is -2.54. The van der Waals surface area contributed by atoms with Crippen LogP contribution in [0.15, 0.2) is 0 Å². The van der Waals surface area contributed by atoms with Gasteiger partial charge in [0.25, 0.3) is 0 Å². The minimum Gasteiger partial charge on any atom is -0.392 e. The molecule has 4 saturated carbocycles. The topological polar surface area (TPSA) is 61.4 Å². The van der Waals surface area contributed by atoms with Crippen LogP contribution in [-0.2, 0) is 4.79 Å². The molecule has 0 unspecified atom stereocenters. The summed E-state index contributed by atoms with van der Waals surface area (Å²) in [6.07, 6.45) is 7.25. The molecular formula is C15H24N2O2. The lowest BCUT2D eigenvalue weighted by atomic mass is 9.54. The van der Waals surface area contributed by atoms with Gasteiger partial charge in [-0.05, 0) is 62.2 Å². The summed E-state index contributed by atoms with van der Waals surface area (Å²) < 4.78 is 6.94. The lowest BCUT2D eigenvalue weighted by Crippen LogP contribution is -2.58. The van der Waals surface area contributed by atoms with Gasteiger partial charge in [0.15, 0.2) is 0 Å². The SMILES string of the molecule is [2H]O[C@H]1CN[C@H](C(=O)NC2C3CC4CC(C3)CC2C4)C1. The first-order valence-corrected chi connectivity index (χ1v) is 7.88. The summed E-state index contributed by atoms with van der Waals surface area (Å²) >= 11 is 0. The highest BCUT2D eigenvalue weighted by Gasteiger charge is 2.49. The third kappa shape index (κ3) is 2.09. The van der Waals surface area contributed by atoms with Crippen LogP contribution in [0, 0.1) is 23.7 Å². The number of hydrogen-bond acceptors (Lipinski definition) is 3. The summed E-state index contributed by atoms with van der Waals surface area (Å²) in [7, 11) is 0. The molecule has 5 fully saturated rings. The Balaban J connectivity index is 1.38. The average molecular weight is 265 g/mol. The van der Waals surface area contributed by atoms with Crippen molar-refractivity contribution in [1.29, 1.82) is 1.43 Å². The fraction of sp³-hybridized carbons (Fsp3) is 0.933. The van der Waals surface area contributed by atoms with E-state index < -0.39 is 0 Å². The van der Waals surface area contributed by atoms with E-state index in [1.165, 1.54) is 32.1 Å². The number of nitrogens with one attached hydrogen (secondary N) is 2. The van der Waals surface area contributed by atoms with Crippen molar-refractivity contribution in [2.45, 2.75) is 56.7 Å². The van der Waals surface area contributed by atoms with E-state index in [1.54, 1.807) is 0 Å². The van der Waals surface area contributed by atoms with Crippen LogP contribution < -0.4 is 10.6 Å². The lowest BCUT2D eigenvalue weighted by molar-refractivity contribution is -0.126. The van der Waals surface area contributed by atoms with Crippen molar-refractivity contribution in [2.24, 2.45) is 23.7 Å². The number of hydrogen-bond donors (Lipinski definition) is 3. The summed E-state index contributed by atoms with van der Waals surface area (Å²) in [5.41, 5.74) is 0. The normalized spacial score (nSPS) is 52.2. The molecule has 4 heteroatoms. The highest BCUT2D eigenvalue weighted by molar-refractivity contribution is 5.82. The quantitative estimate of drug-likeness (QED) is 0.702. The van der Waals surface area contributed by atoms with Gasteiger partial charge in [-0.3, -0.25) is 4.79 Å². The molecule has 1 saturated heterocycles. The molecule has 5 rings (SSSR count). The van der Waals surface area contributed by atoms with Gasteiger partial charge < -0.3 is 15.7 Å². The smallest absolute Gasteiger partial charge is 0.237 e. The summed E-state index contributed by atoms with van der Waals surface area (Å²) in [6.45, 7) is 0.614. The summed E-state index contributed by atoms with van der Waals surface area (Å²) in [4.78, 5) is 12.4. The molecule has 4 bridgehead atoms. The zero-order valence-electron chi connectivity index (χ0n) is 12.3. The van der Waals surface area contributed by atoms with E-state index in [4.69, 9.17) is 1.43 Å². The van der Waals surface area contributed by atoms with Crippen LogP contribution in [-0.4, -0.2) is 37.2 Å². The molecule has 106 valence electrons. The summed E-state index contributed by atoms with van der Waals surface area (Å²) in [6, 6.07) is 0.246. The van der Waals surface area contributed by atoms with Gasteiger partial charge in [0.05, 0.1) is 12.1 Å². The van der Waals surface area contributed by atoms with E-state index in [2.05, 4.69) is 15.7 Å². The Kier molecular flexibility index (Phi) is 2.60. The molecule has 4 aliphatic carbocycles. The van der Waals surface area contributed by atoms with Crippen molar-refractivity contribution in [3.63, 3.8) is 0 Å². The highest BCUT2D eigenvalue weighted by atomic mass is 16.3. The number of amides is 1. The average Bonchev–Trinajstić information content (AvgIpc) is 2.91. The van der Waals surface area contributed by atoms with E-state index in [0.29, 0.717) is 19.0 Å². The van der Waals surface area contributed by atoms with Crippen LogP contribution in [0.4, 0.5) is 0 Å². The van der Waals surface area contributed by atoms with Gasteiger partial charge in [-0.2, -0.15) is 0 Å². The maximum absolute atomic E-state index is 12.4. The molecule has 1 amide bonds. The molecule has 2 atom stereocenters. The Labute approximate surface area is 115 Å². The van der Waals surface area contributed by atoms with Crippen molar-refractivity contribution < 1.29 is 9.90 Å². The number of carbonyl (C=O) groups is 1. The second-order valence-electron chi connectivity index (χ2n) is 7.28. The van der Waals surface area contributed by atoms with Crippen molar-refractivity contribution in [3.8, 4) is 0 Å². The molecule has 3 N–H and O–H groups in total. The molecule has 5 aliphatic rings. The first kappa shape index (κ1) is 11.1. The van der Waals surface area contributed by atoms with Crippen LogP contribution in [0.25, 0.3) is 0 Å². The molecule has 0 aromatic heterocycles. The van der Waals surface area contributed by atoms with Crippen LogP contribution in [0.2, 0.25) is 0 Å². The maximum atomic E-state index is 12.4. The third-order valence-corrected chi connectivity index (χ3v) is 5.94. The van der Waals surface area contributed by atoms with Crippen LogP contribution in [0.3, 0.4) is 0 Å². The second-order valence-corrected chi connectivity index (χ2v) is 7.28. The van der Waals surface area contributed by atoms with Gasteiger partial charge in [0.1, 0.15) is 0 Å². The van der Waals surface area contributed by atoms with Crippen molar-refractivity contribution >= 4 is 5.91 Å². The molecule has 0 radical (unpaired) electrons. The molecule has 19 heavy (non-hydrogen) atoms.